The number of nitrogens with two attached hydrogens (primary N) is 1. The van der Waals surface area contributed by atoms with Crippen LogP contribution in [0.4, 0.5) is 8.78 Å². The third kappa shape index (κ3) is 3.89. The van der Waals surface area contributed by atoms with Crippen molar-refractivity contribution in [1.29, 1.82) is 0 Å². The highest BCUT2D eigenvalue weighted by atomic mass is 19.3. The second-order valence-electron chi connectivity index (χ2n) is 4.86. The van der Waals surface area contributed by atoms with E-state index in [2.05, 4.69) is 4.90 Å². The van der Waals surface area contributed by atoms with E-state index in [0.29, 0.717) is 13.1 Å². The summed E-state index contributed by atoms with van der Waals surface area (Å²) >= 11 is 0. The van der Waals surface area contributed by atoms with Gasteiger partial charge in [0.2, 0.25) is 0 Å². The van der Waals surface area contributed by atoms with Gasteiger partial charge in [0.25, 0.3) is 6.43 Å². The largest absolute Gasteiger partial charge is 0.468 e. The van der Waals surface area contributed by atoms with Crippen LogP contribution in [0.3, 0.4) is 0 Å². The van der Waals surface area contributed by atoms with E-state index in [1.807, 2.05) is 25.1 Å². The molecule has 0 saturated carbocycles. The molecular formula is C16H20F2N2O. The predicted octanol–water partition coefficient (Wildman–Crippen LogP) is 3.74. The van der Waals surface area contributed by atoms with Crippen LogP contribution in [0, 0.1) is 0 Å². The van der Waals surface area contributed by atoms with Crippen molar-refractivity contribution in [3.8, 4) is 0 Å². The molecule has 0 bridgehead atoms. The summed E-state index contributed by atoms with van der Waals surface area (Å²) in [5.41, 5.74) is 6.71. The number of hydrogen-bond acceptors (Lipinski definition) is 3. The van der Waals surface area contributed by atoms with Crippen molar-refractivity contribution in [3.63, 3.8) is 0 Å². The number of furan rings is 1. The Morgan fingerprint density at radius 2 is 1.95 bits per heavy atom. The van der Waals surface area contributed by atoms with Crippen LogP contribution in [-0.4, -0.2) is 18.0 Å². The van der Waals surface area contributed by atoms with E-state index in [4.69, 9.17) is 10.2 Å². The average molecular weight is 294 g/mol. The van der Waals surface area contributed by atoms with E-state index in [0.717, 1.165) is 17.9 Å². The number of hydrogen-bond donors (Lipinski definition) is 1. The van der Waals surface area contributed by atoms with Crippen LogP contribution in [0.5, 0.6) is 0 Å². The summed E-state index contributed by atoms with van der Waals surface area (Å²) in [4.78, 5) is 2.11. The van der Waals surface area contributed by atoms with Gasteiger partial charge in [-0.15, -0.1) is 0 Å². The molecule has 21 heavy (non-hydrogen) atoms. The highest BCUT2D eigenvalue weighted by Gasteiger charge is 2.20. The lowest BCUT2D eigenvalue weighted by Gasteiger charge is -2.29. The molecular weight excluding hydrogens is 274 g/mol. The third-order valence-corrected chi connectivity index (χ3v) is 3.56. The molecule has 1 aromatic heterocycles. The molecule has 2 rings (SSSR count). The van der Waals surface area contributed by atoms with Crippen LogP contribution in [0.1, 0.15) is 36.3 Å². The molecule has 0 aliphatic heterocycles. The maximum Gasteiger partial charge on any atom is 0.263 e. The first-order valence-electron chi connectivity index (χ1n) is 7.00. The first-order chi connectivity index (χ1) is 10.2. The topological polar surface area (TPSA) is 42.4 Å². The van der Waals surface area contributed by atoms with Gasteiger partial charge in [0.1, 0.15) is 5.76 Å². The van der Waals surface area contributed by atoms with Crippen LogP contribution in [0.25, 0.3) is 0 Å². The maximum absolute atomic E-state index is 12.8. The first-order valence-corrected chi connectivity index (χ1v) is 7.00. The fraction of sp³-hybridized carbons (Fsp3) is 0.375. The summed E-state index contributed by atoms with van der Waals surface area (Å²) in [6, 6.07) is 10.1. The van der Waals surface area contributed by atoms with Crippen molar-refractivity contribution in [1.82, 2.24) is 4.90 Å². The molecule has 1 aromatic carbocycles. The molecule has 2 N–H and O–H groups in total. The molecule has 1 unspecified atom stereocenters. The Kier molecular flexibility index (Phi) is 5.47. The lowest BCUT2D eigenvalue weighted by atomic mass is 10.0. The van der Waals surface area contributed by atoms with Gasteiger partial charge in [0.15, 0.2) is 0 Å². The van der Waals surface area contributed by atoms with Gasteiger partial charge in [-0.3, -0.25) is 4.90 Å². The lowest BCUT2D eigenvalue weighted by Crippen LogP contribution is -2.33. The van der Waals surface area contributed by atoms with E-state index in [9.17, 15) is 8.78 Å². The van der Waals surface area contributed by atoms with E-state index in [1.165, 1.54) is 12.1 Å². The predicted molar refractivity (Wildman–Crippen MR) is 78.0 cm³/mol. The van der Waals surface area contributed by atoms with Crippen LogP contribution in [-0.2, 0) is 6.54 Å². The van der Waals surface area contributed by atoms with E-state index in [1.54, 1.807) is 12.3 Å². The highest BCUT2D eigenvalue weighted by molar-refractivity contribution is 5.27. The van der Waals surface area contributed by atoms with E-state index in [-0.39, 0.29) is 11.6 Å². The second-order valence-corrected chi connectivity index (χ2v) is 4.86. The summed E-state index contributed by atoms with van der Waals surface area (Å²) in [5, 5.41) is 0. The van der Waals surface area contributed by atoms with Crippen molar-refractivity contribution in [2.24, 2.45) is 5.73 Å². The number of nitrogens with zero attached hydrogens (tertiary/aromatic N) is 1. The molecule has 5 heteroatoms. The Bertz CT molecular complexity index is 543. The molecule has 0 aliphatic rings. The van der Waals surface area contributed by atoms with Crippen LogP contribution in [0.2, 0.25) is 0 Å². The van der Waals surface area contributed by atoms with Crippen molar-refractivity contribution >= 4 is 0 Å². The summed E-state index contributed by atoms with van der Waals surface area (Å²) in [6.07, 6.45) is -0.846. The molecule has 1 heterocycles. The molecule has 2 aromatic rings. The first kappa shape index (κ1) is 15.7. The Balaban J connectivity index is 2.22. The van der Waals surface area contributed by atoms with Gasteiger partial charge >= 0.3 is 0 Å². The van der Waals surface area contributed by atoms with Gasteiger partial charge in [-0.05, 0) is 30.3 Å². The van der Waals surface area contributed by atoms with Crippen molar-refractivity contribution in [2.45, 2.75) is 25.9 Å². The van der Waals surface area contributed by atoms with Crippen LogP contribution in [0.15, 0.2) is 47.1 Å². The maximum atomic E-state index is 12.8. The smallest absolute Gasteiger partial charge is 0.263 e. The molecule has 0 amide bonds. The Labute approximate surface area is 123 Å². The highest BCUT2D eigenvalue weighted by Crippen LogP contribution is 2.26. The van der Waals surface area contributed by atoms with Gasteiger partial charge in [0.05, 0.1) is 12.8 Å². The van der Waals surface area contributed by atoms with Crippen LogP contribution < -0.4 is 5.73 Å². The zero-order valence-electron chi connectivity index (χ0n) is 12.0. The minimum Gasteiger partial charge on any atom is -0.468 e. The molecule has 0 spiro atoms. The number of benzene rings is 1. The third-order valence-electron chi connectivity index (χ3n) is 3.56. The second kappa shape index (κ2) is 7.33. The van der Waals surface area contributed by atoms with Gasteiger partial charge in [0, 0.05) is 18.2 Å². The van der Waals surface area contributed by atoms with Crippen molar-refractivity contribution in [3.05, 3.63) is 59.5 Å². The normalized spacial score (nSPS) is 13.0. The van der Waals surface area contributed by atoms with E-state index < -0.39 is 6.43 Å². The van der Waals surface area contributed by atoms with Gasteiger partial charge in [-0.2, -0.15) is 0 Å². The summed E-state index contributed by atoms with van der Waals surface area (Å²) in [5.74, 6) is 0.834. The van der Waals surface area contributed by atoms with Gasteiger partial charge < -0.3 is 10.2 Å². The minimum absolute atomic E-state index is 0.0278. The average Bonchev–Trinajstić information content (AvgIpc) is 3.00. The Hall–Kier alpha value is -1.72. The molecule has 0 fully saturated rings. The quantitative estimate of drug-likeness (QED) is 0.846. The number of alkyl halides is 2. The number of halogens is 2. The fourth-order valence-electron chi connectivity index (χ4n) is 2.44. The fourth-order valence-corrected chi connectivity index (χ4v) is 2.44. The monoisotopic (exact) mass is 294 g/mol. The molecule has 1 atom stereocenters. The van der Waals surface area contributed by atoms with Crippen LogP contribution >= 0.6 is 0 Å². The summed E-state index contributed by atoms with van der Waals surface area (Å²) in [6.45, 7) is 3.73. The summed E-state index contributed by atoms with van der Waals surface area (Å²) < 4.78 is 31.0. The Morgan fingerprint density at radius 1 is 1.19 bits per heavy atom. The van der Waals surface area contributed by atoms with Crippen molar-refractivity contribution < 1.29 is 13.2 Å². The molecule has 0 saturated heterocycles. The molecule has 114 valence electrons. The summed E-state index contributed by atoms with van der Waals surface area (Å²) in [7, 11) is 0. The Morgan fingerprint density at radius 3 is 2.52 bits per heavy atom. The van der Waals surface area contributed by atoms with Crippen molar-refractivity contribution in [2.75, 3.05) is 13.1 Å². The lowest BCUT2D eigenvalue weighted by molar-refractivity contribution is 0.150. The molecule has 0 aliphatic carbocycles. The molecule has 3 nitrogen and oxygen atoms in total. The SMILES string of the molecule is CCN(Cc1ccco1)C(CN)c1cccc(C(F)F)c1. The zero-order chi connectivity index (χ0) is 15.2. The van der Waals surface area contributed by atoms with E-state index >= 15 is 0 Å². The standard InChI is InChI=1S/C16H20F2N2O/c1-2-20(11-14-7-4-8-21-14)15(10-19)12-5-3-6-13(9-12)16(17)18/h3-9,15-16H,2,10-11,19H2,1H3. The zero-order valence-corrected chi connectivity index (χ0v) is 12.0. The van der Waals surface area contributed by atoms with Gasteiger partial charge in [-0.25, -0.2) is 8.78 Å². The number of rotatable bonds is 7. The molecule has 0 radical (unpaired) electrons. The van der Waals surface area contributed by atoms with Gasteiger partial charge in [-0.1, -0.05) is 25.1 Å². The minimum atomic E-state index is -2.47. The number of likely N-dealkylation sites (N-methyl/N-ethyl adjacent to an activating group) is 1.